The van der Waals surface area contributed by atoms with Gasteiger partial charge in [0.25, 0.3) is 0 Å². The Morgan fingerprint density at radius 3 is 2.60 bits per heavy atom. The highest BCUT2D eigenvalue weighted by atomic mass is 16.5. The van der Waals surface area contributed by atoms with E-state index in [1.807, 2.05) is 6.07 Å². The van der Waals surface area contributed by atoms with Crippen LogP contribution < -0.4 is 10.5 Å². The Hall–Kier alpha value is -1.46. The molecule has 0 amide bonds. The molecule has 2 nitrogen and oxygen atoms in total. The zero-order valence-corrected chi connectivity index (χ0v) is 12.9. The van der Waals surface area contributed by atoms with Crippen molar-refractivity contribution >= 4 is 0 Å². The third-order valence-corrected chi connectivity index (χ3v) is 3.22. The molecule has 0 unspecified atom stereocenters. The number of aryl methyl sites for hydroxylation is 1. The summed E-state index contributed by atoms with van der Waals surface area (Å²) in [5.74, 6) is 6.86. The van der Waals surface area contributed by atoms with Crippen LogP contribution in [-0.4, -0.2) is 13.2 Å². The van der Waals surface area contributed by atoms with Crippen molar-refractivity contribution < 1.29 is 4.74 Å². The fourth-order valence-electron chi connectivity index (χ4n) is 2.08. The van der Waals surface area contributed by atoms with Crippen LogP contribution in [0.3, 0.4) is 0 Å². The third-order valence-electron chi connectivity index (χ3n) is 3.22. The molecule has 110 valence electrons. The molecule has 0 heterocycles. The average molecular weight is 273 g/mol. The first-order valence-electron chi connectivity index (χ1n) is 7.70. The van der Waals surface area contributed by atoms with Gasteiger partial charge >= 0.3 is 0 Å². The highest BCUT2D eigenvalue weighted by Gasteiger charge is 2.01. The number of benzene rings is 1. The molecule has 0 fully saturated rings. The molecule has 2 heteroatoms. The van der Waals surface area contributed by atoms with Crippen molar-refractivity contribution in [2.45, 2.75) is 52.4 Å². The normalized spacial score (nSPS) is 9.95. The predicted octanol–water partition coefficient (Wildman–Crippen LogP) is 4.04. The summed E-state index contributed by atoms with van der Waals surface area (Å²) in [5, 5.41) is 0. The van der Waals surface area contributed by atoms with Gasteiger partial charge in [-0.15, -0.1) is 0 Å². The maximum atomic E-state index is 5.85. The smallest absolute Gasteiger partial charge is 0.134 e. The largest absolute Gasteiger partial charge is 0.492 e. The lowest BCUT2D eigenvalue weighted by Gasteiger charge is -2.09. The van der Waals surface area contributed by atoms with E-state index in [-0.39, 0.29) is 0 Å². The summed E-state index contributed by atoms with van der Waals surface area (Å²) in [4.78, 5) is 0. The Morgan fingerprint density at radius 1 is 1.10 bits per heavy atom. The molecule has 0 saturated heterocycles. The standard InChI is InChI=1S/C18H27NO/c1-3-4-5-6-7-8-14-20-18-12-11-16(2)15-17(18)10-9-13-19/h11-12,15H,3-8,13-14,19H2,1-2H3. The van der Waals surface area contributed by atoms with Crippen molar-refractivity contribution in [1.29, 1.82) is 0 Å². The molecule has 0 saturated carbocycles. The summed E-state index contributed by atoms with van der Waals surface area (Å²) in [6.07, 6.45) is 7.65. The average Bonchev–Trinajstić information content (AvgIpc) is 2.45. The minimum Gasteiger partial charge on any atom is -0.492 e. The van der Waals surface area contributed by atoms with Crippen molar-refractivity contribution in [2.75, 3.05) is 13.2 Å². The zero-order valence-electron chi connectivity index (χ0n) is 12.9. The summed E-state index contributed by atoms with van der Waals surface area (Å²) in [7, 11) is 0. The Bertz CT molecular complexity index is 442. The van der Waals surface area contributed by atoms with Crippen LogP contribution in [0, 0.1) is 18.8 Å². The summed E-state index contributed by atoms with van der Waals surface area (Å²) in [5.41, 5.74) is 7.57. The van der Waals surface area contributed by atoms with Gasteiger partial charge < -0.3 is 10.5 Å². The maximum absolute atomic E-state index is 5.85. The van der Waals surface area contributed by atoms with Crippen LogP contribution in [0.5, 0.6) is 5.75 Å². The Kier molecular flexibility index (Phi) is 8.58. The van der Waals surface area contributed by atoms with E-state index in [1.54, 1.807) is 0 Å². The van der Waals surface area contributed by atoms with Gasteiger partial charge in [0.2, 0.25) is 0 Å². The van der Waals surface area contributed by atoms with Crippen LogP contribution >= 0.6 is 0 Å². The molecule has 0 aliphatic heterocycles. The molecule has 0 spiro atoms. The first-order chi connectivity index (χ1) is 9.77. The molecule has 0 aliphatic carbocycles. The van der Waals surface area contributed by atoms with Gasteiger partial charge in [-0.3, -0.25) is 0 Å². The molecule has 1 rings (SSSR count). The fourth-order valence-corrected chi connectivity index (χ4v) is 2.08. The van der Waals surface area contributed by atoms with E-state index in [0.29, 0.717) is 6.54 Å². The van der Waals surface area contributed by atoms with Gasteiger partial charge in [0.1, 0.15) is 5.75 Å². The van der Waals surface area contributed by atoms with Gasteiger partial charge in [0.05, 0.1) is 18.7 Å². The quantitative estimate of drug-likeness (QED) is 0.573. The van der Waals surface area contributed by atoms with E-state index in [1.165, 1.54) is 37.7 Å². The van der Waals surface area contributed by atoms with E-state index >= 15 is 0 Å². The number of hydrogen-bond donors (Lipinski definition) is 1. The lowest BCUT2D eigenvalue weighted by atomic mass is 10.1. The second kappa shape index (κ2) is 10.3. The van der Waals surface area contributed by atoms with Crippen LogP contribution in [0.1, 0.15) is 56.6 Å². The Balaban J connectivity index is 2.39. The molecule has 0 radical (unpaired) electrons. The molecule has 1 aromatic rings. The number of hydrogen-bond acceptors (Lipinski definition) is 2. The number of ether oxygens (including phenoxy) is 1. The lowest BCUT2D eigenvalue weighted by molar-refractivity contribution is 0.303. The summed E-state index contributed by atoms with van der Waals surface area (Å²) in [6.45, 7) is 5.45. The maximum Gasteiger partial charge on any atom is 0.134 e. The highest BCUT2D eigenvalue weighted by Crippen LogP contribution is 2.19. The van der Waals surface area contributed by atoms with Crippen molar-refractivity contribution in [2.24, 2.45) is 5.73 Å². The second-order valence-corrected chi connectivity index (χ2v) is 5.12. The second-order valence-electron chi connectivity index (χ2n) is 5.12. The Morgan fingerprint density at radius 2 is 1.85 bits per heavy atom. The topological polar surface area (TPSA) is 35.2 Å². The lowest BCUT2D eigenvalue weighted by Crippen LogP contribution is -2.00. The highest BCUT2D eigenvalue weighted by molar-refractivity contribution is 5.48. The SMILES string of the molecule is CCCCCCCCOc1ccc(C)cc1C#CCN. The van der Waals surface area contributed by atoms with Crippen LogP contribution in [0.2, 0.25) is 0 Å². The van der Waals surface area contributed by atoms with Crippen molar-refractivity contribution in [1.82, 2.24) is 0 Å². The van der Waals surface area contributed by atoms with Crippen LogP contribution in [0.25, 0.3) is 0 Å². The minimum atomic E-state index is 0.380. The Labute approximate surface area is 123 Å². The predicted molar refractivity (Wildman–Crippen MR) is 86.0 cm³/mol. The van der Waals surface area contributed by atoms with Gasteiger partial charge in [-0.25, -0.2) is 0 Å². The monoisotopic (exact) mass is 273 g/mol. The molecule has 2 N–H and O–H groups in total. The number of nitrogens with two attached hydrogens (primary N) is 1. The van der Waals surface area contributed by atoms with E-state index in [9.17, 15) is 0 Å². The molecule has 0 atom stereocenters. The van der Waals surface area contributed by atoms with Gasteiger partial charge in [-0.2, -0.15) is 0 Å². The molecule has 0 aromatic heterocycles. The van der Waals surface area contributed by atoms with Crippen LogP contribution in [0.15, 0.2) is 18.2 Å². The molecule has 0 aliphatic rings. The number of rotatable bonds is 8. The van der Waals surface area contributed by atoms with Gasteiger partial charge in [-0.1, -0.05) is 56.9 Å². The van der Waals surface area contributed by atoms with Crippen molar-refractivity contribution in [3.05, 3.63) is 29.3 Å². The number of unbranched alkanes of at least 4 members (excludes halogenated alkanes) is 5. The molecular weight excluding hydrogens is 246 g/mol. The first kappa shape index (κ1) is 16.6. The van der Waals surface area contributed by atoms with E-state index in [0.717, 1.165) is 24.3 Å². The third kappa shape index (κ3) is 6.63. The van der Waals surface area contributed by atoms with Crippen molar-refractivity contribution in [3.8, 4) is 17.6 Å². The molecular formula is C18H27NO. The zero-order chi connectivity index (χ0) is 14.6. The van der Waals surface area contributed by atoms with Gasteiger partial charge in [-0.05, 0) is 31.0 Å². The van der Waals surface area contributed by atoms with Crippen LogP contribution in [0.4, 0.5) is 0 Å². The van der Waals surface area contributed by atoms with Gasteiger partial charge in [0.15, 0.2) is 0 Å². The summed E-state index contributed by atoms with van der Waals surface area (Å²) in [6, 6.07) is 6.12. The van der Waals surface area contributed by atoms with E-state index in [2.05, 4.69) is 37.8 Å². The van der Waals surface area contributed by atoms with E-state index < -0.39 is 0 Å². The van der Waals surface area contributed by atoms with Crippen LogP contribution in [-0.2, 0) is 0 Å². The molecule has 20 heavy (non-hydrogen) atoms. The van der Waals surface area contributed by atoms with E-state index in [4.69, 9.17) is 10.5 Å². The van der Waals surface area contributed by atoms with Crippen molar-refractivity contribution in [3.63, 3.8) is 0 Å². The fraction of sp³-hybridized carbons (Fsp3) is 0.556. The first-order valence-corrected chi connectivity index (χ1v) is 7.70. The summed E-state index contributed by atoms with van der Waals surface area (Å²) < 4.78 is 5.85. The molecule has 1 aromatic carbocycles. The van der Waals surface area contributed by atoms with Gasteiger partial charge in [0, 0.05) is 0 Å². The summed E-state index contributed by atoms with van der Waals surface area (Å²) >= 11 is 0. The molecule has 0 bridgehead atoms. The minimum absolute atomic E-state index is 0.380.